The molecule has 108 valence electrons. The van der Waals surface area contributed by atoms with Gasteiger partial charge in [0, 0.05) is 12.7 Å². The lowest BCUT2D eigenvalue weighted by molar-refractivity contribution is 0.281. The smallest absolute Gasteiger partial charge is 0.160 e. The van der Waals surface area contributed by atoms with Gasteiger partial charge in [-0.3, -0.25) is 0 Å². The predicted molar refractivity (Wildman–Crippen MR) is 83.1 cm³/mol. The summed E-state index contributed by atoms with van der Waals surface area (Å²) >= 11 is 6.34. The van der Waals surface area contributed by atoms with Crippen LogP contribution in [0.2, 0.25) is 0 Å². The van der Waals surface area contributed by atoms with Crippen LogP contribution in [0, 0.1) is 12.3 Å². The van der Waals surface area contributed by atoms with Crippen molar-refractivity contribution in [2.75, 3.05) is 0 Å². The largest absolute Gasteiger partial charge is 0.311 e. The lowest BCUT2D eigenvalue weighted by atomic mass is 9.89. The first-order valence-corrected chi connectivity index (χ1v) is 7.89. The molecule has 1 aliphatic carbocycles. The van der Waals surface area contributed by atoms with Crippen LogP contribution < -0.4 is 0 Å². The molecule has 20 heavy (non-hydrogen) atoms. The molecule has 0 amide bonds. The fourth-order valence-electron chi connectivity index (χ4n) is 3.36. The van der Waals surface area contributed by atoms with Crippen LogP contribution in [0.1, 0.15) is 56.3 Å². The molecule has 1 unspecified atom stereocenters. The highest BCUT2D eigenvalue weighted by Crippen LogP contribution is 2.40. The highest BCUT2D eigenvalue weighted by atomic mass is 35.5. The van der Waals surface area contributed by atoms with Crippen LogP contribution in [0.3, 0.4) is 0 Å². The summed E-state index contributed by atoms with van der Waals surface area (Å²) in [5.74, 6) is 0.952. The topological polar surface area (TPSA) is 30.7 Å². The van der Waals surface area contributed by atoms with Crippen LogP contribution in [-0.4, -0.2) is 14.5 Å². The lowest BCUT2D eigenvalue weighted by Gasteiger charge is -2.25. The van der Waals surface area contributed by atoms with Crippen molar-refractivity contribution in [3.63, 3.8) is 0 Å². The Hall–Kier alpha value is -1.09. The maximum absolute atomic E-state index is 6.34. The number of hydrogen-bond acceptors (Lipinski definition) is 2. The molecule has 2 heterocycles. The Morgan fingerprint density at radius 2 is 2.10 bits per heavy atom. The molecule has 1 saturated carbocycles. The third-order valence-corrected chi connectivity index (χ3v) is 4.65. The molecule has 2 aromatic heterocycles. The third kappa shape index (κ3) is 2.44. The Kier molecular flexibility index (Phi) is 3.49. The summed E-state index contributed by atoms with van der Waals surface area (Å²) in [4.78, 5) is 9.31. The summed E-state index contributed by atoms with van der Waals surface area (Å²) in [6, 6.07) is 2.10. The minimum atomic E-state index is -0.0884. The van der Waals surface area contributed by atoms with E-state index in [2.05, 4.69) is 22.5 Å². The molecule has 1 aliphatic rings. The van der Waals surface area contributed by atoms with E-state index in [4.69, 9.17) is 16.6 Å². The quantitative estimate of drug-likeness (QED) is 0.773. The maximum atomic E-state index is 6.34. The van der Waals surface area contributed by atoms with Gasteiger partial charge in [-0.2, -0.15) is 0 Å². The molecule has 0 spiro atoms. The summed E-state index contributed by atoms with van der Waals surface area (Å²) in [5, 5.41) is -0.0884. The molecule has 3 rings (SSSR count). The summed E-state index contributed by atoms with van der Waals surface area (Å²) in [5.41, 5.74) is 3.45. The second-order valence-corrected chi connectivity index (χ2v) is 7.20. The zero-order valence-electron chi connectivity index (χ0n) is 12.5. The molecule has 0 bridgehead atoms. The van der Waals surface area contributed by atoms with Gasteiger partial charge in [0.15, 0.2) is 5.65 Å². The Morgan fingerprint density at radius 1 is 1.40 bits per heavy atom. The predicted octanol–water partition coefficient (Wildman–Crippen LogP) is 4.62. The fourth-order valence-corrected chi connectivity index (χ4v) is 3.52. The fraction of sp³-hybridized carbons (Fsp3) is 0.625. The summed E-state index contributed by atoms with van der Waals surface area (Å²) in [6.45, 7) is 7.39. The number of halogens is 1. The number of nitrogens with zero attached hydrogens (tertiary/aromatic N) is 3. The van der Waals surface area contributed by atoms with Gasteiger partial charge in [-0.05, 0) is 43.7 Å². The summed E-state index contributed by atoms with van der Waals surface area (Å²) in [7, 11) is 0. The van der Waals surface area contributed by atoms with E-state index in [9.17, 15) is 0 Å². The zero-order valence-corrected chi connectivity index (χ0v) is 13.2. The summed E-state index contributed by atoms with van der Waals surface area (Å²) in [6.07, 6.45) is 7.16. The van der Waals surface area contributed by atoms with E-state index in [1.807, 2.05) is 20.0 Å². The van der Waals surface area contributed by atoms with Crippen molar-refractivity contribution in [1.29, 1.82) is 0 Å². The number of imidazole rings is 1. The molecule has 1 fully saturated rings. The number of alkyl halides is 1. The number of fused-ring (bicyclic) bond motifs is 1. The van der Waals surface area contributed by atoms with Crippen LogP contribution in [0.15, 0.2) is 12.3 Å². The summed E-state index contributed by atoms with van der Waals surface area (Å²) < 4.78 is 2.25. The minimum absolute atomic E-state index is 0.0884. The van der Waals surface area contributed by atoms with Gasteiger partial charge in [0.05, 0.1) is 5.38 Å². The van der Waals surface area contributed by atoms with Crippen LogP contribution in [-0.2, 0) is 6.54 Å². The van der Waals surface area contributed by atoms with Gasteiger partial charge in [0.25, 0.3) is 0 Å². The second-order valence-electron chi connectivity index (χ2n) is 6.55. The van der Waals surface area contributed by atoms with Crippen LogP contribution >= 0.6 is 11.6 Å². The SMILES string of the molecule is Cc1cnc2c(c1)nc(C(C)Cl)n2CC1(C)CCCC1. The normalized spacial score (nSPS) is 19.6. The first kappa shape index (κ1) is 13.9. The van der Waals surface area contributed by atoms with E-state index >= 15 is 0 Å². The van der Waals surface area contributed by atoms with Crippen molar-refractivity contribution in [1.82, 2.24) is 14.5 Å². The molecule has 3 nitrogen and oxygen atoms in total. The van der Waals surface area contributed by atoms with Gasteiger partial charge < -0.3 is 4.57 Å². The van der Waals surface area contributed by atoms with Crippen molar-refractivity contribution in [2.24, 2.45) is 5.41 Å². The number of rotatable bonds is 3. The van der Waals surface area contributed by atoms with E-state index in [-0.39, 0.29) is 5.38 Å². The Labute approximate surface area is 125 Å². The first-order chi connectivity index (χ1) is 9.48. The van der Waals surface area contributed by atoms with Gasteiger partial charge in [-0.15, -0.1) is 11.6 Å². The van der Waals surface area contributed by atoms with E-state index < -0.39 is 0 Å². The average molecular weight is 292 g/mol. The van der Waals surface area contributed by atoms with Gasteiger partial charge in [-0.1, -0.05) is 19.8 Å². The molecular formula is C16H22ClN3. The lowest BCUT2D eigenvalue weighted by Crippen LogP contribution is -2.21. The van der Waals surface area contributed by atoms with E-state index in [0.29, 0.717) is 5.41 Å². The Bertz CT molecular complexity index is 624. The number of aromatic nitrogens is 3. The second kappa shape index (κ2) is 5.03. The Morgan fingerprint density at radius 3 is 2.75 bits per heavy atom. The maximum Gasteiger partial charge on any atom is 0.160 e. The molecule has 0 aliphatic heterocycles. The number of hydrogen-bond donors (Lipinski definition) is 0. The first-order valence-electron chi connectivity index (χ1n) is 7.45. The zero-order chi connectivity index (χ0) is 14.3. The van der Waals surface area contributed by atoms with E-state index in [1.165, 1.54) is 25.7 Å². The minimum Gasteiger partial charge on any atom is -0.311 e. The molecule has 0 saturated heterocycles. The van der Waals surface area contributed by atoms with Gasteiger partial charge >= 0.3 is 0 Å². The molecule has 0 aromatic carbocycles. The number of pyridine rings is 1. The monoisotopic (exact) mass is 291 g/mol. The highest BCUT2D eigenvalue weighted by molar-refractivity contribution is 6.20. The van der Waals surface area contributed by atoms with Crippen LogP contribution in [0.25, 0.3) is 11.2 Å². The molecule has 2 aromatic rings. The Balaban J connectivity index is 2.09. The van der Waals surface area contributed by atoms with Crippen LogP contribution in [0.5, 0.6) is 0 Å². The van der Waals surface area contributed by atoms with Gasteiger partial charge in [0.1, 0.15) is 11.3 Å². The average Bonchev–Trinajstić information content (AvgIpc) is 2.94. The molecule has 4 heteroatoms. The molecule has 0 radical (unpaired) electrons. The standard InChI is InChI=1S/C16H22ClN3/c1-11-8-13-15(18-9-11)20(14(19-13)12(2)17)10-16(3)6-4-5-7-16/h8-9,12H,4-7,10H2,1-3H3. The number of aryl methyl sites for hydroxylation is 1. The van der Waals surface area contributed by atoms with E-state index in [0.717, 1.165) is 29.1 Å². The van der Waals surface area contributed by atoms with E-state index in [1.54, 1.807) is 0 Å². The highest BCUT2D eigenvalue weighted by Gasteiger charge is 2.31. The molecule has 1 atom stereocenters. The van der Waals surface area contributed by atoms with Crippen molar-refractivity contribution in [3.8, 4) is 0 Å². The van der Waals surface area contributed by atoms with Crippen molar-refractivity contribution < 1.29 is 0 Å². The van der Waals surface area contributed by atoms with Crippen molar-refractivity contribution in [3.05, 3.63) is 23.7 Å². The molecule has 0 N–H and O–H groups in total. The molecular weight excluding hydrogens is 270 g/mol. The van der Waals surface area contributed by atoms with Gasteiger partial charge in [-0.25, -0.2) is 9.97 Å². The van der Waals surface area contributed by atoms with Crippen molar-refractivity contribution >= 4 is 22.8 Å². The van der Waals surface area contributed by atoms with Crippen molar-refractivity contribution in [2.45, 2.75) is 58.4 Å². The van der Waals surface area contributed by atoms with Gasteiger partial charge in [0.2, 0.25) is 0 Å². The third-order valence-electron chi connectivity index (χ3n) is 4.46. The van der Waals surface area contributed by atoms with Crippen LogP contribution in [0.4, 0.5) is 0 Å².